The number of hydrogen-bond donors (Lipinski definition) is 2. The molecule has 0 atom stereocenters. The molecule has 0 saturated carbocycles. The fourth-order valence-corrected chi connectivity index (χ4v) is 4.61. The average Bonchev–Trinajstić information content (AvgIpc) is 3.32. The van der Waals surface area contributed by atoms with Crippen LogP contribution in [0, 0.1) is 12.3 Å². The van der Waals surface area contributed by atoms with Crippen LogP contribution in [-0.4, -0.2) is 20.7 Å². The zero-order valence-electron chi connectivity index (χ0n) is 17.3. The molecule has 2 heterocycles. The molecule has 2 aromatic carbocycles. The third kappa shape index (κ3) is 4.03. The minimum absolute atomic E-state index is 0.183. The molecule has 1 amide bonds. The van der Waals surface area contributed by atoms with Gasteiger partial charge >= 0.3 is 0 Å². The summed E-state index contributed by atoms with van der Waals surface area (Å²) in [6, 6.07) is 15.5. The zero-order valence-corrected chi connectivity index (χ0v) is 18.2. The predicted octanol–water partition coefficient (Wildman–Crippen LogP) is 3.88. The maximum Gasteiger partial charge on any atom is 0.255 e. The number of carbonyl (C=O) groups excluding carboxylic acids is 1. The van der Waals surface area contributed by atoms with E-state index in [-0.39, 0.29) is 5.91 Å². The van der Waals surface area contributed by atoms with Crippen molar-refractivity contribution in [3.05, 3.63) is 65.4 Å². The predicted molar refractivity (Wildman–Crippen MR) is 125 cm³/mol. The van der Waals surface area contributed by atoms with Crippen molar-refractivity contribution < 1.29 is 9.36 Å². The van der Waals surface area contributed by atoms with Gasteiger partial charge in [-0.1, -0.05) is 15.7 Å². The highest BCUT2D eigenvalue weighted by atomic mass is 32.1. The van der Waals surface area contributed by atoms with Crippen LogP contribution in [0.5, 0.6) is 0 Å². The molecule has 1 aliphatic rings. The molecule has 0 saturated heterocycles. The number of anilines is 3. The summed E-state index contributed by atoms with van der Waals surface area (Å²) in [6.07, 6.45) is 10.2. The van der Waals surface area contributed by atoms with Gasteiger partial charge in [0.15, 0.2) is 5.69 Å². The van der Waals surface area contributed by atoms with Crippen molar-refractivity contribution in [3.8, 4) is 12.3 Å². The third-order valence-corrected chi connectivity index (χ3v) is 6.15. The SMILES string of the molecule is C#CC[n+]1c2c(cc3cc(NC(=O)c4cccc(Nc5nnns5)c4)ccc31)CCCC2. The van der Waals surface area contributed by atoms with Crippen LogP contribution in [0.2, 0.25) is 0 Å². The molecule has 4 aromatic rings. The number of nitrogens with zero attached hydrogens (tertiary/aromatic N) is 4. The van der Waals surface area contributed by atoms with Crippen molar-refractivity contribution in [3.63, 3.8) is 0 Å². The lowest BCUT2D eigenvalue weighted by Gasteiger charge is -2.16. The van der Waals surface area contributed by atoms with Crippen LogP contribution in [0.1, 0.15) is 34.5 Å². The number of fused-ring (bicyclic) bond motifs is 2. The maximum absolute atomic E-state index is 12.9. The van der Waals surface area contributed by atoms with Crippen LogP contribution in [-0.2, 0) is 19.4 Å². The number of benzene rings is 2. The first kappa shape index (κ1) is 20.1. The van der Waals surface area contributed by atoms with E-state index in [2.05, 4.69) is 42.0 Å². The molecule has 5 rings (SSSR count). The lowest BCUT2D eigenvalue weighted by molar-refractivity contribution is -0.667. The van der Waals surface area contributed by atoms with E-state index in [0.717, 1.165) is 46.7 Å². The first-order chi connectivity index (χ1) is 15.7. The largest absolute Gasteiger partial charge is 0.329 e. The summed E-state index contributed by atoms with van der Waals surface area (Å²) in [5.41, 5.74) is 5.83. The molecule has 0 bridgehead atoms. The normalized spacial score (nSPS) is 12.7. The Bertz CT molecular complexity index is 1340. The molecule has 1 aliphatic carbocycles. The second kappa shape index (κ2) is 8.73. The van der Waals surface area contributed by atoms with Gasteiger partial charge in [0.1, 0.15) is 0 Å². The summed E-state index contributed by atoms with van der Waals surface area (Å²) in [5.74, 6) is 2.61. The summed E-state index contributed by atoms with van der Waals surface area (Å²) < 4.78 is 5.97. The lowest BCUT2D eigenvalue weighted by Crippen LogP contribution is -2.41. The third-order valence-electron chi connectivity index (χ3n) is 5.64. The number of terminal acetylenes is 1. The number of hydrogen-bond acceptors (Lipinski definition) is 6. The second-order valence-electron chi connectivity index (χ2n) is 7.71. The van der Waals surface area contributed by atoms with E-state index in [0.29, 0.717) is 17.2 Å². The van der Waals surface area contributed by atoms with Gasteiger partial charge in [-0.05, 0) is 66.8 Å². The number of pyridine rings is 1. The molecular formula is C24H21N6OS+. The Morgan fingerprint density at radius 1 is 1.12 bits per heavy atom. The molecule has 2 N–H and O–H groups in total. The van der Waals surface area contributed by atoms with Gasteiger partial charge in [0.2, 0.25) is 17.2 Å². The fourth-order valence-electron chi connectivity index (χ4n) is 4.22. The van der Waals surface area contributed by atoms with Crippen molar-refractivity contribution in [1.29, 1.82) is 0 Å². The minimum atomic E-state index is -0.183. The molecule has 0 aliphatic heterocycles. The van der Waals surface area contributed by atoms with Crippen LogP contribution in [0.3, 0.4) is 0 Å². The van der Waals surface area contributed by atoms with Crippen molar-refractivity contribution in [1.82, 2.24) is 14.8 Å². The van der Waals surface area contributed by atoms with Crippen molar-refractivity contribution in [2.45, 2.75) is 32.2 Å². The summed E-state index contributed by atoms with van der Waals surface area (Å²) in [4.78, 5) is 12.9. The Morgan fingerprint density at radius 3 is 2.88 bits per heavy atom. The number of rotatable bonds is 5. The Morgan fingerprint density at radius 2 is 2.03 bits per heavy atom. The molecular weight excluding hydrogens is 420 g/mol. The van der Waals surface area contributed by atoms with Crippen molar-refractivity contribution in [2.75, 3.05) is 10.6 Å². The van der Waals surface area contributed by atoms with Gasteiger partial charge in [-0.25, -0.2) is 0 Å². The van der Waals surface area contributed by atoms with E-state index in [1.807, 2.05) is 30.3 Å². The summed E-state index contributed by atoms with van der Waals surface area (Å²) in [5, 5.41) is 15.2. The average molecular weight is 442 g/mol. The Kier molecular flexibility index (Phi) is 5.48. The molecule has 0 radical (unpaired) electrons. The van der Waals surface area contributed by atoms with Crippen molar-refractivity contribution in [2.24, 2.45) is 0 Å². The Balaban J connectivity index is 1.42. The highest BCUT2D eigenvalue weighted by Gasteiger charge is 2.23. The Hall–Kier alpha value is -3.83. The molecule has 158 valence electrons. The molecule has 7 nitrogen and oxygen atoms in total. The van der Waals surface area contributed by atoms with E-state index < -0.39 is 0 Å². The molecule has 0 spiro atoms. The van der Waals surface area contributed by atoms with Crippen LogP contribution >= 0.6 is 11.5 Å². The summed E-state index contributed by atoms with van der Waals surface area (Å²) in [6.45, 7) is 0.551. The van der Waals surface area contributed by atoms with Gasteiger partial charge in [-0.2, -0.15) is 4.57 Å². The van der Waals surface area contributed by atoms with Gasteiger partial charge < -0.3 is 10.6 Å². The van der Waals surface area contributed by atoms with Gasteiger partial charge in [-0.15, -0.1) is 6.42 Å². The number of carbonyl (C=O) groups is 1. The van der Waals surface area contributed by atoms with Crippen LogP contribution < -0.4 is 15.2 Å². The smallest absolute Gasteiger partial charge is 0.255 e. The number of aromatic nitrogens is 4. The quantitative estimate of drug-likeness (QED) is 0.363. The second-order valence-corrected chi connectivity index (χ2v) is 8.45. The summed E-state index contributed by atoms with van der Waals surface area (Å²) >= 11 is 1.15. The van der Waals surface area contributed by atoms with Crippen LogP contribution in [0.25, 0.3) is 10.9 Å². The highest BCUT2D eigenvalue weighted by molar-refractivity contribution is 7.09. The lowest BCUT2D eigenvalue weighted by atomic mass is 9.94. The van der Waals surface area contributed by atoms with E-state index >= 15 is 0 Å². The monoisotopic (exact) mass is 441 g/mol. The molecule has 32 heavy (non-hydrogen) atoms. The number of amides is 1. The standard InChI is InChI=1S/C24H20N6OS/c1-2-12-30-21-9-4-3-6-16(21)13-18-15-20(10-11-22(18)30)25-23(31)17-7-5-8-19(14-17)26-24-27-28-29-32-24/h1,5,7-8,10-11,13-15H,3-4,6,9,12H2,(H-,25,26,27,29,31)/p+1. The van der Waals surface area contributed by atoms with E-state index in [1.54, 1.807) is 12.1 Å². The van der Waals surface area contributed by atoms with E-state index in [1.165, 1.54) is 24.1 Å². The molecule has 2 aromatic heterocycles. The minimum Gasteiger partial charge on any atom is -0.329 e. The highest BCUT2D eigenvalue weighted by Crippen LogP contribution is 2.25. The van der Waals surface area contributed by atoms with E-state index in [4.69, 9.17) is 6.42 Å². The van der Waals surface area contributed by atoms with Gasteiger partial charge in [0, 0.05) is 51.9 Å². The van der Waals surface area contributed by atoms with Gasteiger partial charge in [0.05, 0.1) is 0 Å². The topological polar surface area (TPSA) is 83.7 Å². The number of nitrogens with one attached hydrogen (secondary N) is 2. The van der Waals surface area contributed by atoms with E-state index in [9.17, 15) is 4.79 Å². The van der Waals surface area contributed by atoms with Crippen LogP contribution in [0.4, 0.5) is 16.5 Å². The summed E-state index contributed by atoms with van der Waals surface area (Å²) in [7, 11) is 0. The Labute approximate surface area is 189 Å². The molecule has 0 unspecified atom stereocenters. The fraction of sp³-hybridized carbons (Fsp3) is 0.208. The number of aryl methyl sites for hydroxylation is 1. The van der Waals surface area contributed by atoms with Crippen LogP contribution in [0.15, 0.2) is 48.5 Å². The first-order valence-corrected chi connectivity index (χ1v) is 11.2. The van der Waals surface area contributed by atoms with Gasteiger partial charge in [0.25, 0.3) is 5.91 Å². The zero-order chi connectivity index (χ0) is 21.9. The molecule has 0 fully saturated rings. The molecule has 8 heteroatoms. The first-order valence-electron chi connectivity index (χ1n) is 10.5. The maximum atomic E-state index is 12.9. The van der Waals surface area contributed by atoms with Crippen molar-refractivity contribution >= 4 is 44.8 Å². The van der Waals surface area contributed by atoms with Gasteiger partial charge in [-0.3, -0.25) is 4.79 Å².